The molecular formula is C24H36N4O4. The molecule has 1 aromatic rings. The molecule has 3 rings (SSSR count). The van der Waals surface area contributed by atoms with Crippen LogP contribution in [-0.4, -0.2) is 71.9 Å². The van der Waals surface area contributed by atoms with E-state index in [-0.39, 0.29) is 29.4 Å². The molecule has 8 heteroatoms. The van der Waals surface area contributed by atoms with Crippen molar-refractivity contribution < 1.29 is 19.5 Å². The summed E-state index contributed by atoms with van der Waals surface area (Å²) in [5.74, 6) is -0.625. The Hall–Kier alpha value is -2.61. The lowest BCUT2D eigenvalue weighted by atomic mass is 9.92. The molecule has 176 valence electrons. The highest BCUT2D eigenvalue weighted by Crippen LogP contribution is 2.43. The molecule has 32 heavy (non-hydrogen) atoms. The van der Waals surface area contributed by atoms with Crippen molar-refractivity contribution in [3.63, 3.8) is 0 Å². The molecule has 0 spiro atoms. The van der Waals surface area contributed by atoms with Crippen molar-refractivity contribution in [2.75, 3.05) is 27.2 Å². The van der Waals surface area contributed by atoms with E-state index < -0.39 is 24.0 Å². The van der Waals surface area contributed by atoms with Crippen LogP contribution in [0.4, 0.5) is 0 Å². The normalized spacial score (nSPS) is 25.2. The van der Waals surface area contributed by atoms with Crippen molar-refractivity contribution in [3.8, 4) is 5.75 Å². The number of phenols is 1. The number of fused-ring (bicyclic) bond motifs is 1. The van der Waals surface area contributed by atoms with E-state index in [1.165, 1.54) is 0 Å². The van der Waals surface area contributed by atoms with Crippen LogP contribution in [-0.2, 0) is 14.4 Å². The summed E-state index contributed by atoms with van der Waals surface area (Å²) in [6.45, 7) is 5.54. The van der Waals surface area contributed by atoms with Gasteiger partial charge in [0.2, 0.25) is 17.7 Å². The van der Waals surface area contributed by atoms with Gasteiger partial charge in [-0.15, -0.1) is 0 Å². The number of unbranched alkanes of at least 4 members (excludes halogenated alkanes) is 1. The molecular weight excluding hydrogens is 408 g/mol. The lowest BCUT2D eigenvalue weighted by Gasteiger charge is -2.39. The van der Waals surface area contributed by atoms with E-state index in [0.29, 0.717) is 19.4 Å². The highest BCUT2D eigenvalue weighted by atomic mass is 16.3. The van der Waals surface area contributed by atoms with Gasteiger partial charge in [-0.2, -0.15) is 0 Å². The monoisotopic (exact) mass is 444 g/mol. The zero-order chi connectivity index (χ0) is 23.4. The molecule has 0 radical (unpaired) electrons. The Labute approximate surface area is 190 Å². The van der Waals surface area contributed by atoms with E-state index in [0.717, 1.165) is 24.9 Å². The van der Waals surface area contributed by atoms with Crippen LogP contribution in [0.25, 0.3) is 0 Å². The van der Waals surface area contributed by atoms with Crippen LogP contribution in [0, 0.1) is 11.8 Å². The average molecular weight is 445 g/mol. The summed E-state index contributed by atoms with van der Waals surface area (Å²) in [6.07, 6.45) is 2.69. The first-order valence-corrected chi connectivity index (χ1v) is 11.5. The first kappa shape index (κ1) is 24.0. The second kappa shape index (κ2) is 10.3. The van der Waals surface area contributed by atoms with Crippen LogP contribution in [0.2, 0.25) is 0 Å². The zero-order valence-corrected chi connectivity index (χ0v) is 19.5. The quantitative estimate of drug-likeness (QED) is 0.503. The lowest BCUT2D eigenvalue weighted by molar-refractivity contribution is -0.150. The first-order chi connectivity index (χ1) is 15.2. The van der Waals surface area contributed by atoms with Crippen molar-refractivity contribution in [2.24, 2.45) is 11.8 Å². The second-order valence-electron chi connectivity index (χ2n) is 9.63. The molecule has 0 aromatic heterocycles. The Morgan fingerprint density at radius 3 is 2.53 bits per heavy atom. The van der Waals surface area contributed by atoms with E-state index in [9.17, 15) is 19.5 Å². The Kier molecular flexibility index (Phi) is 7.77. The van der Waals surface area contributed by atoms with E-state index >= 15 is 0 Å². The molecule has 2 aliphatic heterocycles. The zero-order valence-electron chi connectivity index (χ0n) is 19.5. The van der Waals surface area contributed by atoms with Gasteiger partial charge >= 0.3 is 0 Å². The molecule has 0 aliphatic carbocycles. The van der Waals surface area contributed by atoms with Gasteiger partial charge in [-0.25, -0.2) is 0 Å². The molecule has 4 atom stereocenters. The summed E-state index contributed by atoms with van der Waals surface area (Å²) >= 11 is 0. The summed E-state index contributed by atoms with van der Waals surface area (Å²) in [4.78, 5) is 43.2. The number of carbonyl (C=O) groups excluding carboxylic acids is 3. The minimum absolute atomic E-state index is 0.116. The Bertz CT molecular complexity index is 824. The summed E-state index contributed by atoms with van der Waals surface area (Å²) < 4.78 is 0. The number of aromatic hydroxyl groups is 1. The van der Waals surface area contributed by atoms with Crippen molar-refractivity contribution >= 4 is 17.7 Å². The fourth-order valence-electron chi connectivity index (χ4n) is 4.75. The van der Waals surface area contributed by atoms with Gasteiger partial charge in [0.1, 0.15) is 17.8 Å². The number of nitrogens with zero attached hydrogens (tertiary/aromatic N) is 2. The van der Waals surface area contributed by atoms with Gasteiger partial charge in [-0.1, -0.05) is 26.0 Å². The third kappa shape index (κ3) is 5.41. The number of carbonyl (C=O) groups is 3. The number of rotatable bonds is 9. The number of benzene rings is 1. The number of hydrogen-bond donors (Lipinski definition) is 3. The van der Waals surface area contributed by atoms with Crippen LogP contribution in [0.1, 0.15) is 51.1 Å². The van der Waals surface area contributed by atoms with Crippen LogP contribution < -0.4 is 10.6 Å². The Morgan fingerprint density at radius 2 is 1.91 bits per heavy atom. The molecule has 2 saturated heterocycles. The van der Waals surface area contributed by atoms with Crippen molar-refractivity contribution in [2.45, 2.75) is 57.7 Å². The molecule has 0 saturated carbocycles. The topological polar surface area (TPSA) is 102 Å². The molecule has 0 unspecified atom stereocenters. The van der Waals surface area contributed by atoms with Crippen molar-refractivity contribution in [3.05, 3.63) is 29.8 Å². The van der Waals surface area contributed by atoms with E-state index in [2.05, 4.69) is 15.5 Å². The van der Waals surface area contributed by atoms with Crippen LogP contribution in [0.15, 0.2) is 24.3 Å². The van der Waals surface area contributed by atoms with Crippen LogP contribution in [0.5, 0.6) is 5.75 Å². The molecule has 2 fully saturated rings. The number of piperazine rings is 1. The molecule has 3 amide bonds. The molecule has 8 nitrogen and oxygen atoms in total. The predicted octanol–water partition coefficient (Wildman–Crippen LogP) is 1.65. The van der Waals surface area contributed by atoms with Gasteiger partial charge in [0.25, 0.3) is 0 Å². The van der Waals surface area contributed by atoms with Gasteiger partial charge in [0.15, 0.2) is 0 Å². The van der Waals surface area contributed by atoms with Gasteiger partial charge in [-0.05, 0) is 69.9 Å². The number of amides is 3. The number of hydrogen-bond acceptors (Lipinski definition) is 5. The smallest absolute Gasteiger partial charge is 0.246 e. The van der Waals surface area contributed by atoms with Crippen molar-refractivity contribution in [1.29, 1.82) is 0 Å². The maximum atomic E-state index is 13.4. The summed E-state index contributed by atoms with van der Waals surface area (Å²) in [5, 5.41) is 15.6. The van der Waals surface area contributed by atoms with E-state index in [4.69, 9.17) is 0 Å². The van der Waals surface area contributed by atoms with Gasteiger partial charge in [0.05, 0.1) is 12.0 Å². The van der Waals surface area contributed by atoms with Crippen molar-refractivity contribution in [1.82, 2.24) is 20.4 Å². The van der Waals surface area contributed by atoms with E-state index in [1.54, 1.807) is 29.2 Å². The fourth-order valence-corrected chi connectivity index (χ4v) is 4.75. The first-order valence-electron chi connectivity index (χ1n) is 11.5. The van der Waals surface area contributed by atoms with Crippen LogP contribution in [0.3, 0.4) is 0 Å². The van der Waals surface area contributed by atoms with E-state index in [1.807, 2.05) is 27.9 Å². The van der Waals surface area contributed by atoms with Gasteiger partial charge < -0.3 is 25.5 Å². The maximum Gasteiger partial charge on any atom is 0.246 e. The molecule has 3 N–H and O–H groups in total. The molecule has 2 heterocycles. The summed E-state index contributed by atoms with van der Waals surface area (Å²) in [6, 6.07) is 4.81. The minimum atomic E-state index is -0.658. The Balaban J connectivity index is 1.82. The Morgan fingerprint density at radius 1 is 1.22 bits per heavy atom. The predicted molar refractivity (Wildman–Crippen MR) is 122 cm³/mol. The second-order valence-corrected chi connectivity index (χ2v) is 9.63. The number of nitrogens with one attached hydrogen (secondary N) is 2. The minimum Gasteiger partial charge on any atom is -0.508 e. The number of phenolic OH excluding ortho intramolecular Hbond substituents is 1. The highest BCUT2D eigenvalue weighted by Gasteiger charge is 2.54. The third-order valence-electron chi connectivity index (χ3n) is 6.28. The largest absolute Gasteiger partial charge is 0.508 e. The average Bonchev–Trinajstić information content (AvgIpc) is 3.13. The standard InChI is InChI=1S/C24H36N4O4/c1-15(2)13-19-24(32)28-20(23(31)26-19)14-18(21(28)16-7-9-17(29)10-8-16)22(30)25-11-5-6-12-27(3)4/h7-10,15,18-21,29H,5-6,11-14H2,1-4H3,(H,25,30)(H,26,31)/t18-,19-,20-,21-/m0/s1. The van der Waals surface area contributed by atoms with Gasteiger partial charge in [-0.3, -0.25) is 14.4 Å². The SMILES string of the molecule is CC(C)C[C@@H]1NC(=O)[C@@H]2C[C@H](C(=O)NCCCCN(C)C)[C@H](c3ccc(O)cc3)N2C1=O. The third-order valence-corrected chi connectivity index (χ3v) is 6.28. The van der Waals surface area contributed by atoms with Gasteiger partial charge in [0, 0.05) is 6.54 Å². The molecule has 1 aromatic carbocycles. The van der Waals surface area contributed by atoms with Crippen LogP contribution >= 0.6 is 0 Å². The summed E-state index contributed by atoms with van der Waals surface area (Å²) in [5.41, 5.74) is 0.754. The summed E-state index contributed by atoms with van der Waals surface area (Å²) in [7, 11) is 4.04. The maximum absolute atomic E-state index is 13.4. The fraction of sp³-hybridized carbons (Fsp3) is 0.625. The molecule has 0 bridgehead atoms. The molecule has 2 aliphatic rings. The lowest BCUT2D eigenvalue weighted by Crippen LogP contribution is -2.61. The highest BCUT2D eigenvalue weighted by molar-refractivity contribution is 5.99.